The highest BCUT2D eigenvalue weighted by atomic mass is 16.9. The second-order valence-corrected chi connectivity index (χ2v) is 17.6. The number of ether oxygens (including phenoxy) is 7. The standard InChI is InChI=1S/C38H48O13/c1-19(2)27(42)47-29-32(6)17-35-18-36(29,48-28(43)20(3)4)30-38-23(15-25(40)46-30)31(5,26(41)21-10-13-45-16-21)11-12-37(38,50-34(8,49-35)51-38)33(35,7)22(32)14-24(39)44-9/h10,13,16,19-20,22-23,29-30H,11-12,14-15,17-18H2,1-9H3. The summed E-state index contributed by atoms with van der Waals surface area (Å²) in [5.41, 5.74) is -9.22. The van der Waals surface area contributed by atoms with Crippen molar-refractivity contribution in [3.05, 3.63) is 24.2 Å². The van der Waals surface area contributed by atoms with Crippen LogP contribution in [0.25, 0.3) is 0 Å². The van der Waals surface area contributed by atoms with Crippen LogP contribution < -0.4 is 0 Å². The number of esters is 4. The van der Waals surface area contributed by atoms with Crippen LogP contribution in [-0.4, -0.2) is 77.4 Å². The molecular weight excluding hydrogens is 664 g/mol. The molecule has 12 atom stereocenters. The van der Waals surface area contributed by atoms with Gasteiger partial charge in [-0.1, -0.05) is 48.5 Å². The van der Waals surface area contributed by atoms with Crippen LogP contribution in [0.3, 0.4) is 0 Å². The van der Waals surface area contributed by atoms with Crippen LogP contribution in [0.1, 0.15) is 104 Å². The first kappa shape index (κ1) is 34.8. The van der Waals surface area contributed by atoms with E-state index in [1.807, 2.05) is 20.8 Å². The van der Waals surface area contributed by atoms with Gasteiger partial charge in [0.25, 0.3) is 5.97 Å². The lowest BCUT2D eigenvalue weighted by molar-refractivity contribution is -0.448. The highest BCUT2D eigenvalue weighted by Crippen LogP contribution is 2.86. The number of fused-ring (bicyclic) bond motifs is 4. The van der Waals surface area contributed by atoms with Gasteiger partial charge in [-0.05, 0) is 31.2 Å². The van der Waals surface area contributed by atoms with Crippen molar-refractivity contribution in [2.45, 2.75) is 135 Å². The Labute approximate surface area is 296 Å². The second-order valence-electron chi connectivity index (χ2n) is 17.6. The Balaban J connectivity index is 1.49. The fourth-order valence-corrected chi connectivity index (χ4v) is 12.6. The fraction of sp³-hybridized carbons (Fsp3) is 0.763. The molecule has 8 rings (SSSR count). The molecule has 3 saturated heterocycles. The maximum Gasteiger partial charge on any atom is 0.309 e. The number of hydrogen-bond donors (Lipinski definition) is 0. The summed E-state index contributed by atoms with van der Waals surface area (Å²) in [4.78, 5) is 70.3. The molecular formula is C38H48O13. The lowest BCUT2D eigenvalue weighted by atomic mass is 9.41. The molecule has 278 valence electrons. The van der Waals surface area contributed by atoms with Crippen LogP contribution in [0.4, 0.5) is 0 Å². The van der Waals surface area contributed by atoms with Gasteiger partial charge in [0, 0.05) is 41.9 Å². The molecule has 4 heterocycles. The van der Waals surface area contributed by atoms with E-state index in [2.05, 4.69) is 0 Å². The van der Waals surface area contributed by atoms with Crippen LogP contribution >= 0.6 is 0 Å². The number of rotatable bonds is 8. The molecule has 13 nitrogen and oxygen atoms in total. The van der Waals surface area contributed by atoms with Gasteiger partial charge in [-0.15, -0.1) is 0 Å². The van der Waals surface area contributed by atoms with E-state index >= 15 is 0 Å². The van der Waals surface area contributed by atoms with E-state index in [0.717, 1.165) is 0 Å². The minimum absolute atomic E-state index is 0.0405. The summed E-state index contributed by atoms with van der Waals surface area (Å²) >= 11 is 0. The topological polar surface area (TPSA) is 163 Å². The van der Waals surface area contributed by atoms with Gasteiger partial charge in [-0.25, -0.2) is 0 Å². The highest BCUT2D eigenvalue weighted by Gasteiger charge is 2.99. The molecule has 1 aromatic rings. The lowest BCUT2D eigenvalue weighted by Gasteiger charge is -2.68. The van der Waals surface area contributed by atoms with Crippen molar-refractivity contribution in [2.75, 3.05) is 7.11 Å². The minimum atomic E-state index is -1.88. The normalized spacial score (nSPS) is 48.3. The van der Waals surface area contributed by atoms with E-state index < -0.39 is 104 Å². The Hall–Kier alpha value is -3.29. The van der Waals surface area contributed by atoms with Gasteiger partial charge in [0.05, 0.1) is 42.8 Å². The summed E-state index contributed by atoms with van der Waals surface area (Å²) in [6.07, 6.45) is 0.657. The van der Waals surface area contributed by atoms with Gasteiger partial charge in [0.2, 0.25) is 0 Å². The molecule has 51 heavy (non-hydrogen) atoms. The molecule has 0 radical (unpaired) electrons. The molecule has 7 aliphatic rings. The molecule has 13 heteroatoms. The molecule has 1 aromatic heterocycles. The van der Waals surface area contributed by atoms with Gasteiger partial charge in [0.15, 0.2) is 23.6 Å². The van der Waals surface area contributed by atoms with Crippen LogP contribution in [0.2, 0.25) is 0 Å². The SMILES string of the molecule is COC(=O)CC1C2(C)CC34CC(OC(=O)C(C)C)(C2OC(=O)C(C)C)C2OC(=O)CC5C(C)(C(=O)c6ccoc6)CCC6(OC(C)(O3)OC526)C14C. The van der Waals surface area contributed by atoms with Crippen molar-refractivity contribution in [2.24, 2.45) is 39.9 Å². The van der Waals surface area contributed by atoms with Crippen molar-refractivity contribution < 1.29 is 61.5 Å². The molecule has 4 aliphatic carbocycles. The first-order chi connectivity index (χ1) is 23.7. The third kappa shape index (κ3) is 3.80. The first-order valence-electron chi connectivity index (χ1n) is 18.1. The number of Topliss-reactive ketones (excluding diaryl/α,β-unsaturated/α-hetero) is 1. The van der Waals surface area contributed by atoms with E-state index in [1.54, 1.807) is 40.7 Å². The number of hydrogen-bond acceptors (Lipinski definition) is 13. The molecule has 7 fully saturated rings. The van der Waals surface area contributed by atoms with E-state index in [1.165, 1.54) is 19.6 Å². The highest BCUT2D eigenvalue weighted by molar-refractivity contribution is 6.01. The summed E-state index contributed by atoms with van der Waals surface area (Å²) in [6, 6.07) is 1.59. The van der Waals surface area contributed by atoms with Gasteiger partial charge in [-0.3, -0.25) is 24.0 Å². The van der Waals surface area contributed by atoms with Crippen molar-refractivity contribution >= 4 is 29.7 Å². The molecule has 4 saturated carbocycles. The number of ketones is 1. The van der Waals surface area contributed by atoms with Gasteiger partial charge < -0.3 is 37.6 Å². The summed E-state index contributed by atoms with van der Waals surface area (Å²) in [5, 5.41) is 0. The van der Waals surface area contributed by atoms with Gasteiger partial charge in [-0.2, -0.15) is 0 Å². The molecule has 3 spiro atoms. The minimum Gasteiger partial charge on any atom is -0.472 e. The average Bonchev–Trinajstić information content (AvgIpc) is 3.71. The van der Waals surface area contributed by atoms with Crippen molar-refractivity contribution in [3.63, 3.8) is 0 Å². The number of carbonyl (C=O) groups is 5. The third-order valence-electron chi connectivity index (χ3n) is 14.4. The maximum absolute atomic E-state index is 14.7. The fourth-order valence-electron chi connectivity index (χ4n) is 12.6. The summed E-state index contributed by atoms with van der Waals surface area (Å²) < 4.78 is 52.0. The lowest BCUT2D eigenvalue weighted by Crippen LogP contribution is -2.83. The van der Waals surface area contributed by atoms with Gasteiger partial charge >= 0.3 is 23.9 Å². The number of furan rings is 1. The number of methoxy groups -OCH3 is 1. The average molecular weight is 713 g/mol. The predicted octanol–water partition coefficient (Wildman–Crippen LogP) is 4.68. The second kappa shape index (κ2) is 10.2. The molecule has 0 N–H and O–H groups in total. The zero-order valence-electron chi connectivity index (χ0n) is 30.7. The molecule has 3 aliphatic heterocycles. The zero-order chi connectivity index (χ0) is 36.9. The summed E-state index contributed by atoms with van der Waals surface area (Å²) in [7, 11) is 1.32. The van der Waals surface area contributed by atoms with Crippen molar-refractivity contribution in [1.82, 2.24) is 0 Å². The maximum atomic E-state index is 14.7. The van der Waals surface area contributed by atoms with Crippen LogP contribution in [0.5, 0.6) is 0 Å². The zero-order valence-corrected chi connectivity index (χ0v) is 30.7. The monoisotopic (exact) mass is 712 g/mol. The Kier molecular flexibility index (Phi) is 6.97. The molecule has 12 unspecified atom stereocenters. The van der Waals surface area contributed by atoms with E-state index in [-0.39, 0.29) is 37.9 Å². The Bertz CT molecular complexity index is 1740. The molecule has 5 bridgehead atoms. The predicted molar refractivity (Wildman–Crippen MR) is 172 cm³/mol. The van der Waals surface area contributed by atoms with Crippen LogP contribution in [-0.2, 0) is 52.3 Å². The summed E-state index contributed by atoms with van der Waals surface area (Å²) in [6.45, 7) is 14.3. The first-order valence-corrected chi connectivity index (χ1v) is 18.1. The smallest absolute Gasteiger partial charge is 0.309 e. The van der Waals surface area contributed by atoms with E-state index in [0.29, 0.717) is 12.0 Å². The van der Waals surface area contributed by atoms with E-state index in [4.69, 9.17) is 37.6 Å². The Morgan fingerprint density at radius 1 is 0.941 bits per heavy atom. The van der Waals surface area contributed by atoms with Crippen molar-refractivity contribution in [1.29, 1.82) is 0 Å². The van der Waals surface area contributed by atoms with Crippen LogP contribution in [0, 0.1) is 39.9 Å². The Morgan fingerprint density at radius 2 is 1.65 bits per heavy atom. The molecule has 0 amide bonds. The van der Waals surface area contributed by atoms with Gasteiger partial charge in [0.1, 0.15) is 17.5 Å². The van der Waals surface area contributed by atoms with E-state index in [9.17, 15) is 24.0 Å². The van der Waals surface area contributed by atoms with Crippen LogP contribution in [0.15, 0.2) is 23.0 Å². The quantitative estimate of drug-likeness (QED) is 0.208. The number of carbonyl (C=O) groups excluding carboxylic acids is 5. The summed E-state index contributed by atoms with van der Waals surface area (Å²) in [5.74, 6) is -6.91. The Morgan fingerprint density at radius 3 is 2.27 bits per heavy atom. The molecule has 0 aromatic carbocycles. The largest absolute Gasteiger partial charge is 0.472 e. The van der Waals surface area contributed by atoms with Crippen molar-refractivity contribution in [3.8, 4) is 0 Å². The third-order valence-corrected chi connectivity index (χ3v) is 14.4.